The van der Waals surface area contributed by atoms with Crippen LogP contribution in [0.5, 0.6) is 0 Å². The molecule has 0 saturated heterocycles. The fraction of sp³-hybridized carbons (Fsp3) is 0.873. The summed E-state index contributed by atoms with van der Waals surface area (Å²) in [5.41, 5.74) is -0.809. The summed E-state index contributed by atoms with van der Waals surface area (Å²) >= 11 is 0. The highest BCUT2D eigenvalue weighted by atomic mass is 16.6. The quantitative estimate of drug-likeness (QED) is 0.0488. The summed E-state index contributed by atoms with van der Waals surface area (Å²) in [7, 11) is 0. The lowest BCUT2D eigenvalue weighted by molar-refractivity contribution is -0.167. The molecule has 0 aromatic heterocycles. The standard InChI is InChI=1S/C55H91NO14/c1-55(2,3)70-54(63)56(36-16-26-52(61)68-46(38-64-48(57)32-28-42-18-8-4-9-19-42)39-65-49(58)33-29-43-20-10-5-11-21-43)37-17-27-53(62)69-47(40-66-50(59)34-30-44-22-12-6-13-23-44)41-67-51(60)35-31-45-24-14-7-15-25-45/h42-47H,4-41H2,1-3H3. The van der Waals surface area contributed by atoms with E-state index in [0.29, 0.717) is 23.7 Å². The Labute approximate surface area is 419 Å². The Hall–Kier alpha value is -3.91. The minimum atomic E-state index is -0.989. The van der Waals surface area contributed by atoms with E-state index >= 15 is 0 Å². The Morgan fingerprint density at radius 1 is 0.400 bits per heavy atom. The summed E-state index contributed by atoms with van der Waals surface area (Å²) in [6.45, 7) is 4.49. The second kappa shape index (κ2) is 33.7. The zero-order valence-electron chi connectivity index (χ0n) is 43.5. The SMILES string of the molecule is CC(C)(C)OC(=O)N(CCCC(=O)OC(COC(=O)CCC1CCCCC1)COC(=O)CCC1CCCCC1)CCCC(=O)OC(COC(=O)CCC1CCCCC1)COC(=O)CCC1CCCCC1. The topological polar surface area (TPSA) is 187 Å². The number of carbonyl (C=O) groups excluding carboxylic acids is 7. The summed E-state index contributed by atoms with van der Waals surface area (Å²) < 4.78 is 39.3. The second-order valence-corrected chi connectivity index (χ2v) is 21.8. The highest BCUT2D eigenvalue weighted by Gasteiger charge is 2.27. The third-order valence-corrected chi connectivity index (χ3v) is 14.5. The van der Waals surface area contributed by atoms with Crippen LogP contribution in [0.25, 0.3) is 0 Å². The van der Waals surface area contributed by atoms with Gasteiger partial charge in [0.15, 0.2) is 12.2 Å². The van der Waals surface area contributed by atoms with Crippen molar-refractivity contribution >= 4 is 41.9 Å². The first-order valence-electron chi connectivity index (χ1n) is 27.7. The zero-order chi connectivity index (χ0) is 50.4. The van der Waals surface area contributed by atoms with Crippen LogP contribution in [-0.2, 0) is 61.9 Å². The van der Waals surface area contributed by atoms with Crippen LogP contribution in [0.3, 0.4) is 0 Å². The van der Waals surface area contributed by atoms with Gasteiger partial charge in [-0.1, -0.05) is 128 Å². The van der Waals surface area contributed by atoms with Gasteiger partial charge in [-0.3, -0.25) is 28.8 Å². The van der Waals surface area contributed by atoms with Crippen molar-refractivity contribution in [2.75, 3.05) is 39.5 Å². The maximum atomic E-state index is 13.4. The molecular formula is C55H91NO14. The fourth-order valence-electron chi connectivity index (χ4n) is 10.4. The molecule has 15 nitrogen and oxygen atoms in total. The number of ether oxygens (including phenoxy) is 7. The number of amides is 1. The van der Waals surface area contributed by atoms with E-state index in [9.17, 15) is 33.6 Å². The van der Waals surface area contributed by atoms with Gasteiger partial charge in [-0.15, -0.1) is 0 Å². The molecule has 0 unspecified atom stereocenters. The van der Waals surface area contributed by atoms with Gasteiger partial charge in [-0.25, -0.2) is 4.79 Å². The predicted octanol–water partition coefficient (Wildman–Crippen LogP) is 11.2. The fourth-order valence-corrected chi connectivity index (χ4v) is 10.4. The Bertz CT molecular complexity index is 1380. The van der Waals surface area contributed by atoms with E-state index in [1.807, 2.05) is 0 Å². The molecule has 4 aliphatic rings. The first kappa shape index (κ1) is 58.7. The molecule has 0 bridgehead atoms. The lowest BCUT2D eigenvalue weighted by atomic mass is 9.86. The van der Waals surface area contributed by atoms with E-state index in [4.69, 9.17) is 33.2 Å². The van der Waals surface area contributed by atoms with Gasteiger partial charge in [0.2, 0.25) is 0 Å². The maximum Gasteiger partial charge on any atom is 0.410 e. The van der Waals surface area contributed by atoms with Crippen molar-refractivity contribution in [3.8, 4) is 0 Å². The van der Waals surface area contributed by atoms with Gasteiger partial charge in [0.25, 0.3) is 0 Å². The molecule has 0 aromatic carbocycles. The van der Waals surface area contributed by atoms with Crippen LogP contribution in [0.2, 0.25) is 0 Å². The monoisotopic (exact) mass is 990 g/mol. The van der Waals surface area contributed by atoms with Gasteiger partial charge >= 0.3 is 41.9 Å². The van der Waals surface area contributed by atoms with Crippen molar-refractivity contribution in [3.05, 3.63) is 0 Å². The Balaban J connectivity index is 1.26. The first-order chi connectivity index (χ1) is 33.7. The van der Waals surface area contributed by atoms with Crippen LogP contribution < -0.4 is 0 Å². The highest BCUT2D eigenvalue weighted by molar-refractivity contribution is 5.73. The van der Waals surface area contributed by atoms with Crippen molar-refractivity contribution in [1.82, 2.24) is 4.90 Å². The van der Waals surface area contributed by atoms with Crippen LogP contribution in [0.1, 0.15) is 226 Å². The number of hydrogen-bond acceptors (Lipinski definition) is 14. The van der Waals surface area contributed by atoms with E-state index in [-0.39, 0.29) is 115 Å². The molecule has 0 heterocycles. The van der Waals surface area contributed by atoms with Gasteiger partial charge in [-0.05, 0) is 83.0 Å². The Morgan fingerprint density at radius 3 is 0.929 bits per heavy atom. The molecule has 15 heteroatoms. The summed E-state index contributed by atoms with van der Waals surface area (Å²) in [4.78, 5) is 92.2. The average molecular weight is 990 g/mol. The smallest absolute Gasteiger partial charge is 0.410 e. The number of carbonyl (C=O) groups is 7. The molecule has 4 fully saturated rings. The lowest BCUT2D eigenvalue weighted by Crippen LogP contribution is -2.38. The molecule has 0 aliphatic heterocycles. The number of esters is 6. The largest absolute Gasteiger partial charge is 0.462 e. The zero-order valence-corrected chi connectivity index (χ0v) is 43.5. The number of nitrogens with zero attached hydrogens (tertiary/aromatic N) is 1. The second-order valence-electron chi connectivity index (χ2n) is 21.8. The van der Waals surface area contributed by atoms with Crippen molar-refractivity contribution in [1.29, 1.82) is 0 Å². The predicted molar refractivity (Wildman–Crippen MR) is 263 cm³/mol. The minimum Gasteiger partial charge on any atom is -0.462 e. The molecule has 70 heavy (non-hydrogen) atoms. The van der Waals surface area contributed by atoms with Gasteiger partial charge in [-0.2, -0.15) is 0 Å². The highest BCUT2D eigenvalue weighted by Crippen LogP contribution is 2.30. The molecule has 4 rings (SSSR count). The third kappa shape index (κ3) is 27.1. The van der Waals surface area contributed by atoms with Crippen LogP contribution in [-0.4, -0.2) is 104 Å². The van der Waals surface area contributed by atoms with Gasteiger partial charge in [0, 0.05) is 51.6 Å². The molecule has 4 saturated carbocycles. The molecule has 1 amide bonds. The van der Waals surface area contributed by atoms with E-state index in [1.165, 1.54) is 81.9 Å². The normalized spacial score (nSPS) is 17.7. The Kier molecular flexibility index (Phi) is 28.2. The van der Waals surface area contributed by atoms with Gasteiger partial charge < -0.3 is 38.1 Å². The molecule has 4 aliphatic carbocycles. The molecular weight excluding hydrogens is 899 g/mol. The van der Waals surface area contributed by atoms with Gasteiger partial charge in [0.05, 0.1) is 0 Å². The van der Waals surface area contributed by atoms with E-state index in [2.05, 4.69) is 0 Å². The van der Waals surface area contributed by atoms with Crippen molar-refractivity contribution in [2.24, 2.45) is 23.7 Å². The maximum absolute atomic E-state index is 13.4. The summed E-state index contributed by atoms with van der Waals surface area (Å²) in [6, 6.07) is 0. The molecule has 400 valence electrons. The van der Waals surface area contributed by atoms with Crippen molar-refractivity contribution in [3.63, 3.8) is 0 Å². The van der Waals surface area contributed by atoms with Crippen LogP contribution >= 0.6 is 0 Å². The van der Waals surface area contributed by atoms with Crippen molar-refractivity contribution in [2.45, 2.75) is 244 Å². The van der Waals surface area contributed by atoms with Gasteiger partial charge in [0.1, 0.15) is 32.0 Å². The molecule has 0 radical (unpaired) electrons. The third-order valence-electron chi connectivity index (χ3n) is 14.5. The molecule has 0 N–H and O–H groups in total. The first-order valence-corrected chi connectivity index (χ1v) is 27.7. The Morgan fingerprint density at radius 2 is 0.671 bits per heavy atom. The minimum absolute atomic E-state index is 0.0937. The van der Waals surface area contributed by atoms with Crippen LogP contribution in [0, 0.1) is 23.7 Å². The van der Waals surface area contributed by atoms with E-state index < -0.39 is 35.8 Å². The number of hydrogen-bond donors (Lipinski definition) is 0. The van der Waals surface area contributed by atoms with Crippen LogP contribution in [0.4, 0.5) is 4.79 Å². The molecule has 0 atom stereocenters. The lowest BCUT2D eigenvalue weighted by Gasteiger charge is -2.27. The van der Waals surface area contributed by atoms with E-state index in [1.54, 1.807) is 20.8 Å². The summed E-state index contributed by atoms with van der Waals surface area (Å²) in [6.07, 6.45) is 25.0. The molecule has 0 spiro atoms. The number of rotatable bonds is 30. The van der Waals surface area contributed by atoms with E-state index in [0.717, 1.165) is 77.0 Å². The van der Waals surface area contributed by atoms with Crippen molar-refractivity contribution < 1.29 is 66.7 Å². The van der Waals surface area contributed by atoms with Crippen LogP contribution in [0.15, 0.2) is 0 Å². The molecule has 0 aromatic rings. The average Bonchev–Trinajstić information content (AvgIpc) is 3.35. The summed E-state index contributed by atoms with van der Waals surface area (Å²) in [5.74, 6) is -0.705. The summed E-state index contributed by atoms with van der Waals surface area (Å²) in [5, 5.41) is 0.